The monoisotopic (exact) mass is 196 g/mol. The molecule has 1 aromatic heterocycles. The van der Waals surface area contributed by atoms with Gasteiger partial charge < -0.3 is 4.57 Å². The zero-order valence-electron chi connectivity index (χ0n) is 7.68. The fourth-order valence-electron chi connectivity index (χ4n) is 1.11. The van der Waals surface area contributed by atoms with Crippen molar-refractivity contribution in [2.45, 2.75) is 13.8 Å². The van der Waals surface area contributed by atoms with Gasteiger partial charge >= 0.3 is 0 Å². The van der Waals surface area contributed by atoms with E-state index in [1.807, 2.05) is 6.07 Å². The van der Waals surface area contributed by atoms with Crippen molar-refractivity contribution in [3.05, 3.63) is 32.2 Å². The van der Waals surface area contributed by atoms with Crippen molar-refractivity contribution >= 4 is 11.6 Å². The van der Waals surface area contributed by atoms with Crippen molar-refractivity contribution in [2.24, 2.45) is 7.05 Å². The molecule has 0 aromatic carbocycles. The van der Waals surface area contributed by atoms with Crippen molar-refractivity contribution in [2.75, 3.05) is 0 Å². The number of halogens is 1. The molecule has 0 saturated carbocycles. The second-order valence-corrected chi connectivity index (χ2v) is 3.25. The average molecular weight is 197 g/mol. The van der Waals surface area contributed by atoms with Crippen LogP contribution >= 0.6 is 11.6 Å². The van der Waals surface area contributed by atoms with Crippen LogP contribution in [0.25, 0.3) is 0 Å². The van der Waals surface area contributed by atoms with E-state index in [1.165, 1.54) is 4.57 Å². The molecule has 0 atom stereocenters. The van der Waals surface area contributed by atoms with Gasteiger partial charge in [0.25, 0.3) is 5.56 Å². The summed E-state index contributed by atoms with van der Waals surface area (Å²) in [5.41, 5.74) is 1.25. The maximum absolute atomic E-state index is 11.4. The number of hydrogen-bond acceptors (Lipinski definition) is 2. The number of nitrogens with zero attached hydrogens (tertiary/aromatic N) is 2. The van der Waals surface area contributed by atoms with Crippen molar-refractivity contribution in [1.82, 2.24) is 4.57 Å². The Bertz CT molecular complexity index is 454. The third-order valence-electron chi connectivity index (χ3n) is 2.22. The maximum atomic E-state index is 11.4. The van der Waals surface area contributed by atoms with Crippen molar-refractivity contribution in [3.63, 3.8) is 0 Å². The van der Waals surface area contributed by atoms with Gasteiger partial charge in [0, 0.05) is 12.7 Å². The molecule has 1 rings (SSSR count). The van der Waals surface area contributed by atoms with Gasteiger partial charge in [0.05, 0.1) is 5.02 Å². The molecule has 0 aliphatic rings. The van der Waals surface area contributed by atoms with E-state index in [2.05, 4.69) is 0 Å². The van der Waals surface area contributed by atoms with Gasteiger partial charge in [-0.1, -0.05) is 11.6 Å². The summed E-state index contributed by atoms with van der Waals surface area (Å²) in [5.74, 6) is 0. The lowest BCUT2D eigenvalue weighted by Gasteiger charge is -2.09. The summed E-state index contributed by atoms with van der Waals surface area (Å²) in [6, 6.07) is 1.81. The standard InChI is InChI=1S/C9H9ClN2O/c1-5-6(2)12(3)9(13)7(4-11)8(5)10/h1-3H3. The maximum Gasteiger partial charge on any atom is 0.269 e. The molecular weight excluding hydrogens is 188 g/mol. The van der Waals surface area contributed by atoms with Crippen LogP contribution in [0.1, 0.15) is 16.8 Å². The highest BCUT2D eigenvalue weighted by Gasteiger charge is 2.12. The first kappa shape index (κ1) is 9.82. The minimum absolute atomic E-state index is 0.0206. The predicted octanol–water partition coefficient (Wildman–Crippen LogP) is 1.53. The van der Waals surface area contributed by atoms with E-state index in [-0.39, 0.29) is 16.1 Å². The fourth-order valence-corrected chi connectivity index (χ4v) is 1.37. The first-order valence-electron chi connectivity index (χ1n) is 3.76. The van der Waals surface area contributed by atoms with E-state index in [1.54, 1.807) is 20.9 Å². The van der Waals surface area contributed by atoms with Crippen molar-refractivity contribution in [1.29, 1.82) is 5.26 Å². The third-order valence-corrected chi connectivity index (χ3v) is 2.70. The van der Waals surface area contributed by atoms with Crippen LogP contribution in [0.5, 0.6) is 0 Å². The van der Waals surface area contributed by atoms with E-state index >= 15 is 0 Å². The smallest absolute Gasteiger partial charge is 0.269 e. The number of hydrogen-bond donors (Lipinski definition) is 0. The van der Waals surface area contributed by atoms with E-state index < -0.39 is 0 Å². The zero-order chi connectivity index (χ0) is 10.2. The molecule has 13 heavy (non-hydrogen) atoms. The molecule has 0 bridgehead atoms. The normalized spacial score (nSPS) is 9.77. The highest BCUT2D eigenvalue weighted by molar-refractivity contribution is 6.32. The Morgan fingerprint density at radius 1 is 1.46 bits per heavy atom. The molecule has 0 unspecified atom stereocenters. The average Bonchev–Trinajstić information content (AvgIpc) is 2.13. The topological polar surface area (TPSA) is 45.8 Å². The minimum atomic E-state index is -0.337. The molecule has 4 heteroatoms. The fraction of sp³-hybridized carbons (Fsp3) is 0.333. The lowest BCUT2D eigenvalue weighted by molar-refractivity contribution is 0.804. The Morgan fingerprint density at radius 3 is 2.46 bits per heavy atom. The van der Waals surface area contributed by atoms with Gasteiger partial charge in [0.1, 0.15) is 11.6 Å². The molecule has 1 aromatic rings. The molecule has 0 N–H and O–H groups in total. The number of pyridine rings is 1. The van der Waals surface area contributed by atoms with Gasteiger partial charge in [-0.3, -0.25) is 4.79 Å². The number of rotatable bonds is 0. The van der Waals surface area contributed by atoms with Crippen LogP contribution < -0.4 is 5.56 Å². The zero-order valence-corrected chi connectivity index (χ0v) is 8.44. The summed E-state index contributed by atoms with van der Waals surface area (Å²) in [5, 5.41) is 8.96. The van der Waals surface area contributed by atoms with Gasteiger partial charge in [-0.15, -0.1) is 0 Å². The van der Waals surface area contributed by atoms with E-state index in [0.29, 0.717) is 0 Å². The summed E-state index contributed by atoms with van der Waals surface area (Å²) in [4.78, 5) is 11.4. The largest absolute Gasteiger partial charge is 0.315 e. The van der Waals surface area contributed by atoms with Gasteiger partial charge in [-0.25, -0.2) is 0 Å². The van der Waals surface area contributed by atoms with Crippen LogP contribution in [0, 0.1) is 25.2 Å². The first-order chi connectivity index (χ1) is 6.00. The van der Waals surface area contributed by atoms with Crippen LogP contribution in [-0.2, 0) is 7.05 Å². The second-order valence-electron chi connectivity index (χ2n) is 2.88. The molecule has 68 valence electrons. The van der Waals surface area contributed by atoms with Gasteiger partial charge in [0.2, 0.25) is 0 Å². The predicted molar refractivity (Wildman–Crippen MR) is 50.9 cm³/mol. The van der Waals surface area contributed by atoms with E-state index in [4.69, 9.17) is 16.9 Å². The molecule has 0 saturated heterocycles. The molecule has 0 aliphatic heterocycles. The van der Waals surface area contributed by atoms with Crippen molar-refractivity contribution in [3.8, 4) is 6.07 Å². The first-order valence-corrected chi connectivity index (χ1v) is 4.14. The Labute approximate surface area is 81.2 Å². The Kier molecular flexibility index (Phi) is 2.44. The van der Waals surface area contributed by atoms with E-state index in [9.17, 15) is 4.79 Å². The Hall–Kier alpha value is -1.27. The molecule has 0 fully saturated rings. The molecule has 1 heterocycles. The highest BCUT2D eigenvalue weighted by Crippen LogP contribution is 2.19. The van der Waals surface area contributed by atoms with Gasteiger partial charge in [0.15, 0.2) is 0 Å². The highest BCUT2D eigenvalue weighted by atomic mass is 35.5. The lowest BCUT2D eigenvalue weighted by Crippen LogP contribution is -2.23. The van der Waals surface area contributed by atoms with Crippen LogP contribution in [0.4, 0.5) is 0 Å². The minimum Gasteiger partial charge on any atom is -0.315 e. The number of nitriles is 1. The molecular formula is C9H9ClN2O. The Morgan fingerprint density at radius 2 is 2.00 bits per heavy atom. The summed E-state index contributed by atoms with van der Waals surface area (Å²) in [7, 11) is 1.63. The molecule has 3 nitrogen and oxygen atoms in total. The SMILES string of the molecule is Cc1c(Cl)c(C#N)c(=O)n(C)c1C. The second kappa shape index (κ2) is 3.23. The molecule has 0 spiro atoms. The lowest BCUT2D eigenvalue weighted by atomic mass is 10.1. The van der Waals surface area contributed by atoms with Crippen LogP contribution in [-0.4, -0.2) is 4.57 Å². The summed E-state index contributed by atoms with van der Waals surface area (Å²) in [6.07, 6.45) is 0. The number of aromatic nitrogens is 1. The van der Waals surface area contributed by atoms with Crippen molar-refractivity contribution < 1.29 is 0 Å². The van der Waals surface area contributed by atoms with E-state index in [0.717, 1.165) is 11.3 Å². The summed E-state index contributed by atoms with van der Waals surface area (Å²) in [6.45, 7) is 3.59. The quantitative estimate of drug-likeness (QED) is 0.632. The molecule has 0 amide bonds. The molecule has 0 radical (unpaired) electrons. The van der Waals surface area contributed by atoms with Gasteiger partial charge in [-0.05, 0) is 19.4 Å². The summed E-state index contributed by atoms with van der Waals surface area (Å²) >= 11 is 5.84. The third kappa shape index (κ3) is 1.34. The summed E-state index contributed by atoms with van der Waals surface area (Å²) < 4.78 is 1.43. The van der Waals surface area contributed by atoms with Gasteiger partial charge in [-0.2, -0.15) is 5.26 Å². The van der Waals surface area contributed by atoms with Crippen LogP contribution in [0.3, 0.4) is 0 Å². The van der Waals surface area contributed by atoms with Crippen LogP contribution in [0.15, 0.2) is 4.79 Å². The molecule has 0 aliphatic carbocycles. The Balaban J connectivity index is 3.80. The van der Waals surface area contributed by atoms with Crippen LogP contribution in [0.2, 0.25) is 5.02 Å².